The van der Waals surface area contributed by atoms with Crippen LogP contribution in [-0.2, 0) is 4.79 Å². The predicted molar refractivity (Wildman–Crippen MR) is 88.0 cm³/mol. The molecule has 2 aliphatic rings. The Bertz CT molecular complexity index is 278. The molecule has 2 saturated heterocycles. The largest absolute Gasteiger partial charge is 0.342 e. The van der Waals surface area contributed by atoms with E-state index in [4.69, 9.17) is 0 Å². The Morgan fingerprint density at radius 1 is 1.25 bits per heavy atom. The van der Waals surface area contributed by atoms with Gasteiger partial charge >= 0.3 is 0 Å². The standard InChI is InChI=1S/C14H27N3O.2ClH/c1-3-17-9-6-13(7-10-17)16(2)14(18)12-5-4-8-15-11-12;;/h12-13,15H,3-11H2,1-2H3;2*1H. The summed E-state index contributed by atoms with van der Waals surface area (Å²) in [6.45, 7) is 7.57. The van der Waals surface area contributed by atoms with Gasteiger partial charge in [0, 0.05) is 32.7 Å². The fraction of sp³-hybridized carbons (Fsp3) is 0.929. The van der Waals surface area contributed by atoms with Gasteiger partial charge in [-0.05, 0) is 38.8 Å². The van der Waals surface area contributed by atoms with Gasteiger partial charge in [0.05, 0.1) is 5.92 Å². The van der Waals surface area contributed by atoms with Crippen molar-refractivity contribution in [3.63, 3.8) is 0 Å². The summed E-state index contributed by atoms with van der Waals surface area (Å²) in [6.07, 6.45) is 4.47. The fourth-order valence-corrected chi connectivity index (χ4v) is 3.15. The molecule has 1 N–H and O–H groups in total. The summed E-state index contributed by atoms with van der Waals surface area (Å²) < 4.78 is 0. The molecule has 120 valence electrons. The van der Waals surface area contributed by atoms with E-state index in [1.165, 1.54) is 0 Å². The zero-order chi connectivity index (χ0) is 13.0. The molecule has 0 bridgehead atoms. The summed E-state index contributed by atoms with van der Waals surface area (Å²) in [5, 5.41) is 3.33. The van der Waals surface area contributed by atoms with E-state index >= 15 is 0 Å². The predicted octanol–water partition coefficient (Wildman–Crippen LogP) is 1.77. The molecule has 0 radical (unpaired) electrons. The van der Waals surface area contributed by atoms with Crippen molar-refractivity contribution >= 4 is 30.7 Å². The maximum atomic E-state index is 12.4. The van der Waals surface area contributed by atoms with E-state index < -0.39 is 0 Å². The third kappa shape index (κ3) is 5.06. The summed E-state index contributed by atoms with van der Waals surface area (Å²) in [5.41, 5.74) is 0. The second-order valence-electron chi connectivity index (χ2n) is 5.66. The van der Waals surface area contributed by atoms with E-state index in [0.717, 1.165) is 58.4 Å². The molecule has 1 atom stereocenters. The fourth-order valence-electron chi connectivity index (χ4n) is 3.15. The number of nitrogens with zero attached hydrogens (tertiary/aromatic N) is 2. The van der Waals surface area contributed by atoms with Gasteiger partial charge in [-0.15, -0.1) is 24.8 Å². The minimum absolute atomic E-state index is 0. The summed E-state index contributed by atoms with van der Waals surface area (Å²) >= 11 is 0. The lowest BCUT2D eigenvalue weighted by Gasteiger charge is -2.38. The zero-order valence-electron chi connectivity index (χ0n) is 12.6. The first-order valence-corrected chi connectivity index (χ1v) is 7.42. The van der Waals surface area contributed by atoms with Gasteiger partial charge < -0.3 is 15.1 Å². The van der Waals surface area contributed by atoms with Crippen LogP contribution in [0.3, 0.4) is 0 Å². The highest BCUT2D eigenvalue weighted by atomic mass is 35.5. The Kier molecular flexibility index (Phi) is 9.81. The van der Waals surface area contributed by atoms with Crippen molar-refractivity contribution in [1.29, 1.82) is 0 Å². The second kappa shape index (κ2) is 9.82. The Morgan fingerprint density at radius 2 is 1.90 bits per heavy atom. The Balaban J connectivity index is 0.00000180. The van der Waals surface area contributed by atoms with E-state index in [9.17, 15) is 4.79 Å². The van der Waals surface area contributed by atoms with Gasteiger partial charge in [-0.1, -0.05) is 6.92 Å². The monoisotopic (exact) mass is 325 g/mol. The van der Waals surface area contributed by atoms with Gasteiger partial charge in [-0.3, -0.25) is 4.79 Å². The molecule has 20 heavy (non-hydrogen) atoms. The molecule has 2 aliphatic heterocycles. The second-order valence-corrected chi connectivity index (χ2v) is 5.66. The van der Waals surface area contributed by atoms with Crippen molar-refractivity contribution in [2.24, 2.45) is 5.92 Å². The first-order chi connectivity index (χ1) is 8.72. The number of carbonyl (C=O) groups is 1. The molecular formula is C14H29Cl2N3O. The molecule has 0 aromatic carbocycles. The van der Waals surface area contributed by atoms with Crippen molar-refractivity contribution in [3.05, 3.63) is 0 Å². The maximum Gasteiger partial charge on any atom is 0.226 e. The van der Waals surface area contributed by atoms with Crippen LogP contribution in [0.25, 0.3) is 0 Å². The summed E-state index contributed by atoms with van der Waals surface area (Å²) in [7, 11) is 2.00. The van der Waals surface area contributed by atoms with Crippen LogP contribution >= 0.6 is 24.8 Å². The number of likely N-dealkylation sites (tertiary alicyclic amines) is 1. The van der Waals surface area contributed by atoms with Crippen molar-refractivity contribution in [2.45, 2.75) is 38.6 Å². The van der Waals surface area contributed by atoms with Crippen molar-refractivity contribution < 1.29 is 4.79 Å². The number of carbonyl (C=O) groups excluding carboxylic acids is 1. The highest BCUT2D eigenvalue weighted by Crippen LogP contribution is 2.19. The number of piperidine rings is 2. The molecule has 0 aliphatic carbocycles. The molecule has 4 nitrogen and oxygen atoms in total. The number of amides is 1. The van der Waals surface area contributed by atoms with Gasteiger partial charge in [-0.25, -0.2) is 0 Å². The number of halogens is 2. The lowest BCUT2D eigenvalue weighted by Crippen LogP contribution is -2.49. The molecule has 6 heteroatoms. The van der Waals surface area contributed by atoms with Gasteiger partial charge in [0.15, 0.2) is 0 Å². The van der Waals surface area contributed by atoms with Crippen molar-refractivity contribution in [3.8, 4) is 0 Å². The highest BCUT2D eigenvalue weighted by Gasteiger charge is 2.29. The van der Waals surface area contributed by atoms with Crippen LogP contribution in [0.2, 0.25) is 0 Å². The summed E-state index contributed by atoms with van der Waals surface area (Å²) in [6, 6.07) is 0.460. The van der Waals surface area contributed by atoms with Crippen LogP contribution in [0.15, 0.2) is 0 Å². The average Bonchev–Trinajstić information content (AvgIpc) is 2.47. The topological polar surface area (TPSA) is 35.6 Å². The molecule has 0 aromatic heterocycles. The van der Waals surface area contributed by atoms with E-state index in [1.54, 1.807) is 0 Å². The highest BCUT2D eigenvalue weighted by molar-refractivity contribution is 5.85. The molecule has 1 amide bonds. The van der Waals surface area contributed by atoms with Crippen LogP contribution in [0.4, 0.5) is 0 Å². The first kappa shape index (κ1) is 20.0. The maximum absolute atomic E-state index is 12.4. The van der Waals surface area contributed by atoms with E-state index in [0.29, 0.717) is 11.9 Å². The lowest BCUT2D eigenvalue weighted by atomic mass is 9.96. The summed E-state index contributed by atoms with van der Waals surface area (Å²) in [5.74, 6) is 0.574. The van der Waals surface area contributed by atoms with Crippen LogP contribution in [-0.4, -0.2) is 61.5 Å². The van der Waals surface area contributed by atoms with Crippen molar-refractivity contribution in [1.82, 2.24) is 15.1 Å². The van der Waals surface area contributed by atoms with Crippen LogP contribution < -0.4 is 5.32 Å². The minimum atomic E-state index is 0. The third-order valence-electron chi connectivity index (χ3n) is 4.55. The molecule has 2 heterocycles. The number of hydrogen-bond donors (Lipinski definition) is 1. The Labute approximate surface area is 135 Å². The van der Waals surface area contributed by atoms with E-state index in [2.05, 4.69) is 17.1 Å². The molecular weight excluding hydrogens is 297 g/mol. The quantitative estimate of drug-likeness (QED) is 0.859. The summed E-state index contributed by atoms with van der Waals surface area (Å²) in [4.78, 5) is 16.9. The van der Waals surface area contributed by atoms with E-state index in [1.807, 2.05) is 11.9 Å². The molecule has 0 spiro atoms. The molecule has 2 rings (SSSR count). The van der Waals surface area contributed by atoms with Crippen LogP contribution in [0.5, 0.6) is 0 Å². The average molecular weight is 326 g/mol. The normalized spacial score (nSPS) is 24.4. The third-order valence-corrected chi connectivity index (χ3v) is 4.55. The molecule has 0 aromatic rings. The Hall–Kier alpha value is -0.0300. The van der Waals surface area contributed by atoms with E-state index in [-0.39, 0.29) is 30.7 Å². The van der Waals surface area contributed by atoms with Crippen LogP contribution in [0, 0.1) is 5.92 Å². The van der Waals surface area contributed by atoms with Crippen LogP contribution in [0.1, 0.15) is 32.6 Å². The molecule has 0 saturated carbocycles. The molecule has 1 unspecified atom stereocenters. The SMILES string of the molecule is CCN1CCC(N(C)C(=O)C2CCCNC2)CC1.Cl.Cl. The minimum Gasteiger partial charge on any atom is -0.342 e. The Morgan fingerprint density at radius 3 is 2.40 bits per heavy atom. The van der Waals surface area contributed by atoms with Gasteiger partial charge in [0.1, 0.15) is 0 Å². The van der Waals surface area contributed by atoms with Gasteiger partial charge in [0.25, 0.3) is 0 Å². The number of hydrogen-bond acceptors (Lipinski definition) is 3. The molecule has 2 fully saturated rings. The smallest absolute Gasteiger partial charge is 0.226 e. The lowest BCUT2D eigenvalue weighted by molar-refractivity contribution is -0.137. The van der Waals surface area contributed by atoms with Gasteiger partial charge in [0.2, 0.25) is 5.91 Å². The van der Waals surface area contributed by atoms with Crippen molar-refractivity contribution in [2.75, 3.05) is 39.8 Å². The van der Waals surface area contributed by atoms with Gasteiger partial charge in [-0.2, -0.15) is 0 Å². The first-order valence-electron chi connectivity index (χ1n) is 7.42. The zero-order valence-corrected chi connectivity index (χ0v) is 14.3. The number of nitrogens with one attached hydrogen (secondary N) is 1. The number of rotatable bonds is 3.